The van der Waals surface area contributed by atoms with E-state index in [1.54, 1.807) is 41.8 Å². The van der Waals surface area contributed by atoms with E-state index in [2.05, 4.69) is 10.3 Å². The van der Waals surface area contributed by atoms with Crippen LogP contribution in [0.25, 0.3) is 10.6 Å². The number of thiazole rings is 1. The Labute approximate surface area is 193 Å². The van der Waals surface area contributed by atoms with E-state index in [-0.39, 0.29) is 30.7 Å². The fraction of sp³-hybridized carbons (Fsp3) is 0.120. The number of carbonyl (C=O) groups is 1. The van der Waals surface area contributed by atoms with E-state index >= 15 is 0 Å². The average molecular weight is 467 g/mol. The Balaban J connectivity index is 1.42. The predicted molar refractivity (Wildman–Crippen MR) is 122 cm³/mol. The van der Waals surface area contributed by atoms with E-state index in [1.165, 1.54) is 42.7 Å². The van der Waals surface area contributed by atoms with Crippen LogP contribution in [0.3, 0.4) is 0 Å². The van der Waals surface area contributed by atoms with E-state index < -0.39 is 0 Å². The molecule has 0 radical (unpaired) electrons. The monoisotopic (exact) mass is 466 g/mol. The standard InChI is InChI=1S/C25H20F2N2O3S/c1-31-23-12-18(7-10-22(23)32-14-17-3-2-4-20(27)11-17)25-29-21(15-33-25)24(30)28-13-16-5-8-19(26)9-6-16/h2-12,15H,13-14H2,1H3,(H,28,30). The van der Waals surface area contributed by atoms with Gasteiger partial charge in [0.05, 0.1) is 7.11 Å². The number of carbonyl (C=O) groups excluding carboxylic acids is 1. The first-order valence-electron chi connectivity index (χ1n) is 10.1. The second kappa shape index (κ2) is 10.2. The molecule has 0 saturated carbocycles. The lowest BCUT2D eigenvalue weighted by molar-refractivity contribution is 0.0946. The first kappa shape index (κ1) is 22.4. The summed E-state index contributed by atoms with van der Waals surface area (Å²) in [6.07, 6.45) is 0. The molecule has 1 amide bonds. The highest BCUT2D eigenvalue weighted by Gasteiger charge is 2.14. The second-order valence-electron chi connectivity index (χ2n) is 7.13. The maximum Gasteiger partial charge on any atom is 0.271 e. The van der Waals surface area contributed by atoms with Gasteiger partial charge in [-0.1, -0.05) is 24.3 Å². The molecule has 0 aliphatic rings. The summed E-state index contributed by atoms with van der Waals surface area (Å²) in [5.41, 5.74) is 2.56. The van der Waals surface area contributed by atoms with Crippen molar-refractivity contribution < 1.29 is 23.0 Å². The number of aromatic nitrogens is 1. The summed E-state index contributed by atoms with van der Waals surface area (Å²) in [6, 6.07) is 17.5. The minimum atomic E-state index is -0.324. The van der Waals surface area contributed by atoms with E-state index in [4.69, 9.17) is 9.47 Å². The number of hydrogen-bond donors (Lipinski definition) is 1. The Morgan fingerprint density at radius 1 is 0.970 bits per heavy atom. The zero-order valence-electron chi connectivity index (χ0n) is 17.7. The molecule has 0 spiro atoms. The summed E-state index contributed by atoms with van der Waals surface area (Å²) in [7, 11) is 1.53. The summed E-state index contributed by atoms with van der Waals surface area (Å²) in [5, 5.41) is 5.11. The van der Waals surface area contributed by atoms with Crippen LogP contribution in [0.5, 0.6) is 11.5 Å². The van der Waals surface area contributed by atoms with Crippen LogP contribution >= 0.6 is 11.3 Å². The molecule has 0 aliphatic carbocycles. The van der Waals surface area contributed by atoms with Crippen molar-refractivity contribution in [2.75, 3.05) is 7.11 Å². The molecule has 4 aromatic rings. The fourth-order valence-electron chi connectivity index (χ4n) is 3.09. The lowest BCUT2D eigenvalue weighted by Crippen LogP contribution is -2.23. The van der Waals surface area contributed by atoms with E-state index in [9.17, 15) is 13.6 Å². The highest BCUT2D eigenvalue weighted by Crippen LogP contribution is 2.34. The Morgan fingerprint density at radius 2 is 1.79 bits per heavy atom. The lowest BCUT2D eigenvalue weighted by atomic mass is 10.2. The number of amides is 1. The molecule has 5 nitrogen and oxygen atoms in total. The van der Waals surface area contributed by atoms with Gasteiger partial charge in [0.15, 0.2) is 11.5 Å². The van der Waals surface area contributed by atoms with Crippen molar-refractivity contribution in [1.82, 2.24) is 10.3 Å². The molecular formula is C25H20F2N2O3S. The molecule has 0 atom stereocenters. The van der Waals surface area contributed by atoms with Gasteiger partial charge in [-0.15, -0.1) is 11.3 Å². The molecular weight excluding hydrogens is 446 g/mol. The van der Waals surface area contributed by atoms with E-state index in [1.807, 2.05) is 6.07 Å². The first-order valence-corrected chi connectivity index (χ1v) is 10.9. The van der Waals surface area contributed by atoms with Gasteiger partial charge in [-0.25, -0.2) is 13.8 Å². The van der Waals surface area contributed by atoms with Crippen LogP contribution in [-0.4, -0.2) is 18.0 Å². The zero-order valence-corrected chi connectivity index (χ0v) is 18.5. The third kappa shape index (κ3) is 5.72. The summed E-state index contributed by atoms with van der Waals surface area (Å²) in [6.45, 7) is 0.472. The van der Waals surface area contributed by atoms with Gasteiger partial charge in [0.25, 0.3) is 5.91 Å². The van der Waals surface area contributed by atoms with Crippen molar-refractivity contribution in [3.63, 3.8) is 0 Å². The van der Waals surface area contributed by atoms with Gasteiger partial charge in [0.2, 0.25) is 0 Å². The quantitative estimate of drug-likeness (QED) is 0.367. The number of methoxy groups -OCH3 is 1. The molecule has 0 fully saturated rings. The van der Waals surface area contributed by atoms with Gasteiger partial charge in [-0.2, -0.15) is 0 Å². The Hall–Kier alpha value is -3.78. The summed E-state index contributed by atoms with van der Waals surface area (Å²) in [4.78, 5) is 16.9. The van der Waals surface area contributed by atoms with Crippen LogP contribution in [0.15, 0.2) is 72.1 Å². The number of ether oxygens (including phenoxy) is 2. The van der Waals surface area contributed by atoms with E-state index in [0.29, 0.717) is 27.8 Å². The fourth-order valence-corrected chi connectivity index (χ4v) is 3.89. The normalized spacial score (nSPS) is 10.6. The third-order valence-corrected chi connectivity index (χ3v) is 5.69. The SMILES string of the molecule is COc1cc(-c2nc(C(=O)NCc3ccc(F)cc3)cs2)ccc1OCc1cccc(F)c1. The van der Waals surface area contributed by atoms with Crippen molar-refractivity contribution in [1.29, 1.82) is 0 Å². The minimum absolute atomic E-state index is 0.198. The topological polar surface area (TPSA) is 60.5 Å². The molecule has 0 unspecified atom stereocenters. The van der Waals surface area contributed by atoms with Gasteiger partial charge >= 0.3 is 0 Å². The smallest absolute Gasteiger partial charge is 0.271 e. The number of nitrogens with one attached hydrogen (secondary N) is 1. The van der Waals surface area contributed by atoms with Crippen molar-refractivity contribution >= 4 is 17.2 Å². The molecule has 33 heavy (non-hydrogen) atoms. The molecule has 0 saturated heterocycles. The number of benzene rings is 3. The maximum atomic E-state index is 13.4. The Kier molecular flexibility index (Phi) is 6.95. The van der Waals surface area contributed by atoms with Crippen LogP contribution in [0.4, 0.5) is 8.78 Å². The summed E-state index contributed by atoms with van der Waals surface area (Å²) < 4.78 is 37.6. The van der Waals surface area contributed by atoms with Crippen molar-refractivity contribution in [2.24, 2.45) is 0 Å². The molecule has 168 valence electrons. The van der Waals surface area contributed by atoms with Crippen LogP contribution in [0.2, 0.25) is 0 Å². The van der Waals surface area contributed by atoms with Crippen molar-refractivity contribution in [3.8, 4) is 22.1 Å². The van der Waals surface area contributed by atoms with Crippen LogP contribution in [-0.2, 0) is 13.2 Å². The van der Waals surface area contributed by atoms with E-state index in [0.717, 1.165) is 11.1 Å². The molecule has 0 aliphatic heterocycles. The van der Waals surface area contributed by atoms with Crippen molar-refractivity contribution in [3.05, 3.63) is 101 Å². The first-order chi connectivity index (χ1) is 16.0. The van der Waals surface area contributed by atoms with Crippen molar-refractivity contribution in [2.45, 2.75) is 13.2 Å². The Bertz CT molecular complexity index is 1260. The van der Waals surface area contributed by atoms with Crippen LogP contribution in [0, 0.1) is 11.6 Å². The molecule has 1 N–H and O–H groups in total. The van der Waals surface area contributed by atoms with Gasteiger partial charge in [0, 0.05) is 17.5 Å². The van der Waals surface area contributed by atoms with Gasteiger partial charge in [0.1, 0.15) is 28.9 Å². The highest BCUT2D eigenvalue weighted by atomic mass is 32.1. The van der Waals surface area contributed by atoms with Gasteiger partial charge < -0.3 is 14.8 Å². The molecule has 4 rings (SSSR count). The number of halogens is 2. The lowest BCUT2D eigenvalue weighted by Gasteiger charge is -2.12. The Morgan fingerprint density at radius 3 is 2.55 bits per heavy atom. The minimum Gasteiger partial charge on any atom is -0.493 e. The average Bonchev–Trinajstić information content (AvgIpc) is 3.33. The molecule has 3 aromatic carbocycles. The molecule has 0 bridgehead atoms. The van der Waals surface area contributed by atoms with Gasteiger partial charge in [-0.3, -0.25) is 4.79 Å². The third-order valence-electron chi connectivity index (χ3n) is 4.80. The zero-order chi connectivity index (χ0) is 23.2. The highest BCUT2D eigenvalue weighted by molar-refractivity contribution is 7.13. The summed E-state index contributed by atoms with van der Waals surface area (Å²) in [5.74, 6) is 0.0549. The predicted octanol–water partition coefficient (Wildman–Crippen LogP) is 5.61. The van der Waals surface area contributed by atoms with Gasteiger partial charge in [-0.05, 0) is 53.6 Å². The maximum absolute atomic E-state index is 13.4. The molecule has 1 aromatic heterocycles. The molecule has 8 heteroatoms. The number of nitrogens with zero attached hydrogens (tertiary/aromatic N) is 1. The molecule has 1 heterocycles. The van der Waals surface area contributed by atoms with Crippen LogP contribution in [0.1, 0.15) is 21.6 Å². The second-order valence-corrected chi connectivity index (χ2v) is 7.99. The largest absolute Gasteiger partial charge is 0.493 e. The number of rotatable bonds is 8. The number of hydrogen-bond acceptors (Lipinski definition) is 5. The summed E-state index contributed by atoms with van der Waals surface area (Å²) >= 11 is 1.33. The van der Waals surface area contributed by atoms with Crippen LogP contribution < -0.4 is 14.8 Å².